The molecule has 0 aromatic heterocycles. The van der Waals surface area contributed by atoms with Gasteiger partial charge in [0.25, 0.3) is 15.9 Å². The normalized spacial score (nSPS) is 23.6. The van der Waals surface area contributed by atoms with E-state index in [0.29, 0.717) is 22.2 Å². The molecule has 2 fully saturated rings. The van der Waals surface area contributed by atoms with E-state index < -0.39 is 10.0 Å². The molecular formula is C21H23ClN2O3S. The number of amides is 1. The summed E-state index contributed by atoms with van der Waals surface area (Å²) in [5.74, 6) is 1.29. The summed E-state index contributed by atoms with van der Waals surface area (Å²) in [6, 6.07) is 13.0. The first-order valence-electron chi connectivity index (χ1n) is 9.50. The van der Waals surface area contributed by atoms with Gasteiger partial charge in [-0.2, -0.15) is 0 Å². The third-order valence-electron chi connectivity index (χ3n) is 6.02. The van der Waals surface area contributed by atoms with Crippen molar-refractivity contribution in [2.45, 2.75) is 36.6 Å². The Kier molecular flexibility index (Phi) is 5.10. The molecular weight excluding hydrogens is 396 g/mol. The molecule has 2 aliphatic rings. The van der Waals surface area contributed by atoms with Gasteiger partial charge in [0.2, 0.25) is 0 Å². The topological polar surface area (TPSA) is 66.5 Å². The van der Waals surface area contributed by atoms with Crippen molar-refractivity contribution in [2.75, 3.05) is 11.4 Å². The fourth-order valence-corrected chi connectivity index (χ4v) is 5.72. The summed E-state index contributed by atoms with van der Waals surface area (Å²) in [7, 11) is -2.20. The van der Waals surface area contributed by atoms with Gasteiger partial charge >= 0.3 is 0 Å². The number of hydrogen-bond donors (Lipinski definition) is 1. The van der Waals surface area contributed by atoms with Crippen LogP contribution in [0.25, 0.3) is 0 Å². The first kappa shape index (κ1) is 19.3. The van der Waals surface area contributed by atoms with Crippen molar-refractivity contribution in [3.63, 3.8) is 0 Å². The van der Waals surface area contributed by atoms with Crippen LogP contribution in [0.15, 0.2) is 53.4 Å². The van der Waals surface area contributed by atoms with Crippen molar-refractivity contribution in [3.05, 3.63) is 59.1 Å². The summed E-state index contributed by atoms with van der Waals surface area (Å²) in [5.41, 5.74) is 1.04. The van der Waals surface area contributed by atoms with Crippen LogP contribution in [-0.4, -0.2) is 27.4 Å². The Morgan fingerprint density at radius 2 is 1.71 bits per heavy atom. The van der Waals surface area contributed by atoms with Gasteiger partial charge in [-0.25, -0.2) is 8.42 Å². The van der Waals surface area contributed by atoms with E-state index >= 15 is 0 Å². The average molecular weight is 419 g/mol. The molecule has 0 unspecified atom stereocenters. The molecule has 0 spiro atoms. The fraction of sp³-hybridized carbons (Fsp3) is 0.381. The molecule has 2 aromatic rings. The van der Waals surface area contributed by atoms with Crippen LogP contribution in [0.4, 0.5) is 5.69 Å². The molecule has 28 heavy (non-hydrogen) atoms. The number of rotatable bonds is 5. The zero-order valence-corrected chi connectivity index (χ0v) is 17.2. The van der Waals surface area contributed by atoms with Crippen LogP contribution in [0.3, 0.4) is 0 Å². The quantitative estimate of drug-likeness (QED) is 0.795. The van der Waals surface area contributed by atoms with Gasteiger partial charge in [-0.1, -0.05) is 18.0 Å². The molecule has 148 valence electrons. The second kappa shape index (κ2) is 7.41. The van der Waals surface area contributed by atoms with Crippen LogP contribution >= 0.6 is 11.6 Å². The standard InChI is InChI=1S/C21H23ClN2O3S/c1-24(28(26,27)19-10-6-17(22)7-11-19)18-8-4-15(5-9-18)21(25)23-20-13-14-2-3-16(20)12-14/h4-11,14,16,20H,2-3,12-13H2,1H3,(H,23,25)/t14-,16-,20+/m1/s1. The molecule has 2 aliphatic carbocycles. The molecule has 2 bridgehead atoms. The first-order chi connectivity index (χ1) is 13.3. The zero-order valence-electron chi connectivity index (χ0n) is 15.6. The van der Waals surface area contributed by atoms with Crippen LogP contribution in [0, 0.1) is 11.8 Å². The highest BCUT2D eigenvalue weighted by Crippen LogP contribution is 2.44. The van der Waals surface area contributed by atoms with Crippen molar-refractivity contribution >= 4 is 33.2 Å². The van der Waals surface area contributed by atoms with E-state index in [9.17, 15) is 13.2 Å². The average Bonchev–Trinajstić information content (AvgIpc) is 3.31. The van der Waals surface area contributed by atoms with Crippen molar-refractivity contribution in [2.24, 2.45) is 11.8 Å². The number of carbonyl (C=O) groups excluding carboxylic acids is 1. The number of carbonyl (C=O) groups is 1. The van der Waals surface area contributed by atoms with Gasteiger partial charge in [-0.3, -0.25) is 9.10 Å². The molecule has 2 aromatic carbocycles. The minimum atomic E-state index is -3.69. The molecule has 0 saturated heterocycles. The minimum absolute atomic E-state index is 0.0905. The van der Waals surface area contributed by atoms with Crippen molar-refractivity contribution in [3.8, 4) is 0 Å². The third-order valence-corrected chi connectivity index (χ3v) is 8.07. The Bertz CT molecular complexity index is 974. The maximum absolute atomic E-state index is 12.8. The van der Waals surface area contributed by atoms with Crippen molar-refractivity contribution < 1.29 is 13.2 Å². The number of sulfonamides is 1. The van der Waals surface area contributed by atoms with Gasteiger partial charge in [-0.05, 0) is 79.6 Å². The Balaban J connectivity index is 1.46. The Morgan fingerprint density at radius 3 is 2.29 bits per heavy atom. The fourth-order valence-electron chi connectivity index (χ4n) is 4.40. The van der Waals surface area contributed by atoms with E-state index in [1.807, 2.05) is 0 Å². The van der Waals surface area contributed by atoms with Crippen molar-refractivity contribution in [1.82, 2.24) is 5.32 Å². The molecule has 0 radical (unpaired) electrons. The minimum Gasteiger partial charge on any atom is -0.349 e. The Hall–Kier alpha value is -2.05. The van der Waals surface area contributed by atoms with Gasteiger partial charge in [0.15, 0.2) is 0 Å². The van der Waals surface area contributed by atoms with Crippen LogP contribution < -0.4 is 9.62 Å². The highest BCUT2D eigenvalue weighted by atomic mass is 35.5. The van der Waals surface area contributed by atoms with E-state index in [1.165, 1.54) is 42.7 Å². The van der Waals surface area contributed by atoms with E-state index in [0.717, 1.165) is 12.3 Å². The molecule has 2 saturated carbocycles. The highest BCUT2D eigenvalue weighted by Gasteiger charge is 2.40. The lowest BCUT2D eigenvalue weighted by Crippen LogP contribution is -2.38. The molecule has 0 aliphatic heterocycles. The largest absolute Gasteiger partial charge is 0.349 e. The van der Waals surface area contributed by atoms with E-state index in [2.05, 4.69) is 5.32 Å². The Morgan fingerprint density at radius 1 is 1.04 bits per heavy atom. The SMILES string of the molecule is CN(c1ccc(C(=O)N[C@H]2C[C@@H]3CC[C@@H]2C3)cc1)S(=O)(=O)c1ccc(Cl)cc1. The lowest BCUT2D eigenvalue weighted by Gasteiger charge is -2.23. The number of hydrogen-bond acceptors (Lipinski definition) is 3. The molecule has 1 N–H and O–H groups in total. The summed E-state index contributed by atoms with van der Waals surface area (Å²) in [5, 5.41) is 3.63. The highest BCUT2D eigenvalue weighted by molar-refractivity contribution is 7.92. The Labute approximate surface area is 170 Å². The number of benzene rings is 2. The number of nitrogens with one attached hydrogen (secondary N) is 1. The predicted octanol–water partition coefficient (Wildman–Crippen LogP) is 4.08. The van der Waals surface area contributed by atoms with Gasteiger partial charge in [0.1, 0.15) is 0 Å². The summed E-state index contributed by atoms with van der Waals surface area (Å²) in [4.78, 5) is 12.7. The first-order valence-corrected chi connectivity index (χ1v) is 11.3. The number of anilines is 1. The molecule has 4 rings (SSSR count). The summed E-state index contributed by atoms with van der Waals surface area (Å²) in [6.45, 7) is 0. The van der Waals surface area contributed by atoms with Gasteiger partial charge < -0.3 is 5.32 Å². The second-order valence-electron chi connectivity index (χ2n) is 7.73. The second-order valence-corrected chi connectivity index (χ2v) is 10.1. The number of fused-ring (bicyclic) bond motifs is 2. The van der Waals surface area contributed by atoms with Crippen LogP contribution in [0.1, 0.15) is 36.0 Å². The van der Waals surface area contributed by atoms with E-state index in [4.69, 9.17) is 11.6 Å². The zero-order chi connectivity index (χ0) is 19.9. The maximum Gasteiger partial charge on any atom is 0.264 e. The van der Waals surface area contributed by atoms with Gasteiger partial charge in [0.05, 0.1) is 10.6 Å². The van der Waals surface area contributed by atoms with E-state index in [-0.39, 0.29) is 16.8 Å². The molecule has 5 nitrogen and oxygen atoms in total. The summed E-state index contributed by atoms with van der Waals surface area (Å²) >= 11 is 5.84. The predicted molar refractivity (Wildman–Crippen MR) is 110 cm³/mol. The van der Waals surface area contributed by atoms with E-state index in [1.54, 1.807) is 36.4 Å². The third kappa shape index (κ3) is 3.63. The number of halogens is 1. The summed E-state index contributed by atoms with van der Waals surface area (Å²) in [6.07, 6.45) is 4.82. The smallest absolute Gasteiger partial charge is 0.264 e. The molecule has 1 amide bonds. The monoisotopic (exact) mass is 418 g/mol. The number of nitrogens with zero attached hydrogens (tertiary/aromatic N) is 1. The maximum atomic E-state index is 12.8. The van der Waals surface area contributed by atoms with Crippen LogP contribution in [-0.2, 0) is 10.0 Å². The molecule has 7 heteroatoms. The lowest BCUT2D eigenvalue weighted by molar-refractivity contribution is 0.0923. The summed E-state index contributed by atoms with van der Waals surface area (Å²) < 4.78 is 26.7. The molecule has 0 heterocycles. The molecule has 3 atom stereocenters. The van der Waals surface area contributed by atoms with Gasteiger partial charge in [0, 0.05) is 23.7 Å². The van der Waals surface area contributed by atoms with Gasteiger partial charge in [-0.15, -0.1) is 0 Å². The van der Waals surface area contributed by atoms with Crippen LogP contribution in [0.5, 0.6) is 0 Å². The van der Waals surface area contributed by atoms with Crippen LogP contribution in [0.2, 0.25) is 5.02 Å². The van der Waals surface area contributed by atoms with Crippen molar-refractivity contribution in [1.29, 1.82) is 0 Å². The lowest BCUT2D eigenvalue weighted by atomic mass is 9.95.